The number of carbonyl (C=O) groups is 1. The third-order valence-electron chi connectivity index (χ3n) is 5.40. The van der Waals surface area contributed by atoms with Crippen molar-refractivity contribution in [1.29, 1.82) is 0 Å². The van der Waals surface area contributed by atoms with Gasteiger partial charge < -0.3 is 19.7 Å². The van der Waals surface area contributed by atoms with Crippen LogP contribution in [0.15, 0.2) is 48.7 Å². The molecule has 1 aromatic carbocycles. The molecule has 6 heteroatoms. The van der Waals surface area contributed by atoms with Gasteiger partial charge in [-0.05, 0) is 49.1 Å². The van der Waals surface area contributed by atoms with Gasteiger partial charge in [-0.1, -0.05) is 6.07 Å². The van der Waals surface area contributed by atoms with Crippen molar-refractivity contribution in [3.63, 3.8) is 0 Å². The largest absolute Gasteiger partial charge is 0.497 e. The predicted molar refractivity (Wildman–Crippen MR) is 103 cm³/mol. The van der Waals surface area contributed by atoms with Crippen molar-refractivity contribution in [1.82, 2.24) is 14.9 Å². The molecule has 1 saturated carbocycles. The number of rotatable bonds is 5. The average Bonchev–Trinajstić information content (AvgIpc) is 3.00. The molecule has 1 aliphatic rings. The topological polar surface area (TPSA) is 76.4 Å². The summed E-state index contributed by atoms with van der Waals surface area (Å²) >= 11 is 0. The second-order valence-corrected chi connectivity index (χ2v) is 7.10. The number of aliphatic hydroxyl groups is 1. The zero-order valence-corrected chi connectivity index (χ0v) is 15.4. The van der Waals surface area contributed by atoms with Crippen LogP contribution < -0.4 is 10.1 Å². The van der Waals surface area contributed by atoms with Crippen molar-refractivity contribution in [2.45, 2.75) is 25.0 Å². The van der Waals surface area contributed by atoms with Crippen LogP contribution in [-0.2, 0) is 7.05 Å². The Hall–Kier alpha value is -2.86. The molecular formula is C21H23N3O3. The molecule has 1 aliphatic carbocycles. The van der Waals surface area contributed by atoms with Gasteiger partial charge in [0.2, 0.25) is 0 Å². The minimum atomic E-state index is -0.289. The maximum atomic E-state index is 13.0. The van der Waals surface area contributed by atoms with E-state index in [9.17, 15) is 9.90 Å². The number of aryl methyl sites for hydroxylation is 1. The first-order valence-electron chi connectivity index (χ1n) is 9.10. The zero-order valence-electron chi connectivity index (χ0n) is 15.4. The Morgan fingerprint density at radius 1 is 1.30 bits per heavy atom. The fraction of sp³-hybridized carbons (Fsp3) is 0.333. The van der Waals surface area contributed by atoms with Gasteiger partial charge in [-0.3, -0.25) is 9.78 Å². The molecule has 1 atom stereocenters. The SMILES string of the molecule is COc1ccc2cc(C(=O)N[C@H](c3ccccn3)C3CC(O)C3)n(C)c2c1. The minimum absolute atomic E-state index is 0.148. The van der Waals surface area contributed by atoms with Crippen LogP contribution in [0.4, 0.5) is 0 Å². The smallest absolute Gasteiger partial charge is 0.268 e. The third kappa shape index (κ3) is 3.28. The summed E-state index contributed by atoms with van der Waals surface area (Å²) in [5.41, 5.74) is 2.34. The molecule has 27 heavy (non-hydrogen) atoms. The predicted octanol–water partition coefficient (Wildman–Crippen LogP) is 2.82. The highest BCUT2D eigenvalue weighted by Gasteiger charge is 2.36. The highest BCUT2D eigenvalue weighted by molar-refractivity contribution is 5.99. The summed E-state index contributed by atoms with van der Waals surface area (Å²) in [5, 5.41) is 13.8. The molecule has 4 rings (SSSR count). The number of carbonyl (C=O) groups excluding carboxylic acids is 1. The van der Waals surface area contributed by atoms with Crippen LogP contribution in [0.25, 0.3) is 10.9 Å². The standard InChI is InChI=1S/C21H23N3O3/c1-24-18-12-16(27-2)7-6-13(18)11-19(24)21(26)23-20(14-9-15(25)10-14)17-5-3-4-8-22-17/h3-8,11-12,14-15,20,25H,9-10H2,1-2H3,(H,23,26)/t14?,15?,20-/m0/s1. The first-order chi connectivity index (χ1) is 13.1. The van der Waals surface area contributed by atoms with E-state index in [0.29, 0.717) is 18.5 Å². The van der Waals surface area contributed by atoms with Crippen LogP contribution >= 0.6 is 0 Å². The number of pyridine rings is 1. The van der Waals surface area contributed by atoms with Crippen molar-refractivity contribution in [3.05, 3.63) is 60.0 Å². The highest BCUT2D eigenvalue weighted by Crippen LogP contribution is 2.37. The molecule has 2 N–H and O–H groups in total. The number of ether oxygens (including phenoxy) is 1. The second-order valence-electron chi connectivity index (χ2n) is 7.10. The fourth-order valence-electron chi connectivity index (χ4n) is 3.77. The minimum Gasteiger partial charge on any atom is -0.497 e. The summed E-state index contributed by atoms with van der Waals surface area (Å²) in [6.45, 7) is 0. The van der Waals surface area contributed by atoms with E-state index in [1.54, 1.807) is 13.3 Å². The number of fused-ring (bicyclic) bond motifs is 1. The fourth-order valence-corrected chi connectivity index (χ4v) is 3.77. The monoisotopic (exact) mass is 365 g/mol. The van der Waals surface area contributed by atoms with Crippen molar-refractivity contribution in [3.8, 4) is 5.75 Å². The summed E-state index contributed by atoms with van der Waals surface area (Å²) < 4.78 is 7.16. The normalized spacial score (nSPS) is 20.1. The number of nitrogens with zero attached hydrogens (tertiary/aromatic N) is 2. The Bertz CT molecular complexity index is 961. The van der Waals surface area contributed by atoms with E-state index < -0.39 is 0 Å². The molecule has 0 unspecified atom stereocenters. The van der Waals surface area contributed by atoms with Crippen molar-refractivity contribution in [2.24, 2.45) is 13.0 Å². The van der Waals surface area contributed by atoms with E-state index >= 15 is 0 Å². The molecule has 0 spiro atoms. The number of benzene rings is 1. The number of methoxy groups -OCH3 is 1. The van der Waals surface area contributed by atoms with Gasteiger partial charge in [0.1, 0.15) is 11.4 Å². The molecular weight excluding hydrogens is 342 g/mol. The van der Waals surface area contributed by atoms with Gasteiger partial charge in [0.25, 0.3) is 5.91 Å². The molecule has 6 nitrogen and oxygen atoms in total. The molecule has 0 bridgehead atoms. The molecule has 0 saturated heterocycles. The molecule has 2 heterocycles. The lowest BCUT2D eigenvalue weighted by Gasteiger charge is -2.37. The quantitative estimate of drug-likeness (QED) is 0.729. The number of hydrogen-bond acceptors (Lipinski definition) is 4. The first-order valence-corrected chi connectivity index (χ1v) is 9.10. The van der Waals surface area contributed by atoms with Gasteiger partial charge in [0, 0.05) is 24.7 Å². The van der Waals surface area contributed by atoms with Gasteiger partial charge in [0.15, 0.2) is 0 Å². The van der Waals surface area contributed by atoms with Crippen LogP contribution in [0.2, 0.25) is 0 Å². The lowest BCUT2D eigenvalue weighted by Crippen LogP contribution is -2.42. The molecule has 2 aromatic heterocycles. The van der Waals surface area contributed by atoms with Crippen molar-refractivity contribution in [2.75, 3.05) is 7.11 Å². The van der Waals surface area contributed by atoms with E-state index in [2.05, 4.69) is 10.3 Å². The second kappa shape index (κ2) is 7.04. The maximum Gasteiger partial charge on any atom is 0.268 e. The van der Waals surface area contributed by atoms with Crippen LogP contribution in [0.5, 0.6) is 5.75 Å². The molecule has 1 fully saturated rings. The van der Waals surface area contributed by atoms with E-state index in [1.165, 1.54) is 0 Å². The van der Waals surface area contributed by atoms with E-state index in [-0.39, 0.29) is 24.0 Å². The number of aromatic nitrogens is 2. The van der Waals surface area contributed by atoms with E-state index in [4.69, 9.17) is 4.74 Å². The summed E-state index contributed by atoms with van der Waals surface area (Å²) in [5.74, 6) is 0.795. The number of hydrogen-bond donors (Lipinski definition) is 2. The van der Waals surface area contributed by atoms with Crippen LogP contribution in [0.1, 0.15) is 35.1 Å². The van der Waals surface area contributed by atoms with E-state index in [0.717, 1.165) is 22.3 Å². The maximum absolute atomic E-state index is 13.0. The van der Waals surface area contributed by atoms with Gasteiger partial charge in [-0.25, -0.2) is 0 Å². The Balaban J connectivity index is 1.63. The van der Waals surface area contributed by atoms with Crippen LogP contribution in [0.3, 0.4) is 0 Å². The summed E-state index contributed by atoms with van der Waals surface area (Å²) in [6, 6.07) is 13.1. The van der Waals surface area contributed by atoms with Crippen molar-refractivity contribution < 1.29 is 14.6 Å². The number of nitrogens with one attached hydrogen (secondary N) is 1. The van der Waals surface area contributed by atoms with Gasteiger partial charge in [-0.2, -0.15) is 0 Å². The van der Waals surface area contributed by atoms with E-state index in [1.807, 2.05) is 54.1 Å². The molecule has 0 aliphatic heterocycles. The molecule has 1 amide bonds. The molecule has 0 radical (unpaired) electrons. The summed E-state index contributed by atoms with van der Waals surface area (Å²) in [6.07, 6.45) is 2.79. The Kier molecular flexibility index (Phi) is 4.58. The summed E-state index contributed by atoms with van der Waals surface area (Å²) in [4.78, 5) is 17.5. The van der Waals surface area contributed by atoms with Gasteiger partial charge in [0.05, 0.1) is 30.5 Å². The summed E-state index contributed by atoms with van der Waals surface area (Å²) in [7, 11) is 3.50. The third-order valence-corrected chi connectivity index (χ3v) is 5.40. The lowest BCUT2D eigenvalue weighted by atomic mass is 9.76. The molecule has 3 aromatic rings. The Morgan fingerprint density at radius 3 is 2.78 bits per heavy atom. The Morgan fingerprint density at radius 2 is 2.11 bits per heavy atom. The highest BCUT2D eigenvalue weighted by atomic mass is 16.5. The lowest BCUT2D eigenvalue weighted by molar-refractivity contribution is 0.0227. The van der Waals surface area contributed by atoms with Gasteiger partial charge >= 0.3 is 0 Å². The van der Waals surface area contributed by atoms with Crippen LogP contribution in [-0.4, -0.2) is 33.8 Å². The number of amides is 1. The van der Waals surface area contributed by atoms with Crippen LogP contribution in [0, 0.1) is 5.92 Å². The zero-order chi connectivity index (χ0) is 19.0. The molecule has 140 valence electrons. The van der Waals surface area contributed by atoms with Gasteiger partial charge in [-0.15, -0.1) is 0 Å². The first kappa shape index (κ1) is 17.5. The average molecular weight is 365 g/mol. The number of aliphatic hydroxyl groups excluding tert-OH is 1. The Labute approximate surface area is 157 Å². The van der Waals surface area contributed by atoms with Crippen molar-refractivity contribution >= 4 is 16.8 Å².